The molecule has 1 unspecified atom stereocenters. The Labute approximate surface area is 166 Å². The van der Waals surface area contributed by atoms with Crippen molar-refractivity contribution in [2.75, 3.05) is 6.54 Å². The lowest BCUT2D eigenvalue weighted by Gasteiger charge is -2.17. The van der Waals surface area contributed by atoms with Crippen LogP contribution in [-0.2, 0) is 21.2 Å². The van der Waals surface area contributed by atoms with Crippen LogP contribution in [0.15, 0.2) is 47.4 Å². The van der Waals surface area contributed by atoms with Gasteiger partial charge in [-0.2, -0.15) is 4.72 Å². The molecule has 1 atom stereocenters. The Bertz CT molecular complexity index is 1110. The van der Waals surface area contributed by atoms with Gasteiger partial charge in [-0.15, -0.1) is 0 Å². The van der Waals surface area contributed by atoms with Crippen molar-refractivity contribution in [3.8, 4) is 0 Å². The van der Waals surface area contributed by atoms with Crippen molar-refractivity contribution in [2.45, 2.75) is 30.7 Å². The van der Waals surface area contributed by atoms with Crippen LogP contribution in [0.25, 0.3) is 11.0 Å². The van der Waals surface area contributed by atoms with Gasteiger partial charge >= 0.3 is 0 Å². The largest absolute Gasteiger partial charge is 0.354 e. The third-order valence-corrected chi connectivity index (χ3v) is 5.79. The standard InChI is InChI=1S/C19H20F2N4O3S/c1-2-15(25-29(27,28)14-6-3-12(20)4-7-14)19(26)22-10-9-18-23-16-8-5-13(21)11-17(16)24-18/h3-8,11,15,25H,2,9-10H2,1H3,(H,22,26)(H,23,24). The summed E-state index contributed by atoms with van der Waals surface area (Å²) in [5, 5.41) is 2.66. The molecule has 29 heavy (non-hydrogen) atoms. The first-order valence-corrected chi connectivity index (χ1v) is 10.5. The summed E-state index contributed by atoms with van der Waals surface area (Å²) in [7, 11) is -3.96. The van der Waals surface area contributed by atoms with Crippen molar-refractivity contribution in [3.05, 3.63) is 59.9 Å². The molecule has 0 saturated heterocycles. The Morgan fingerprint density at radius 2 is 1.83 bits per heavy atom. The Morgan fingerprint density at radius 1 is 1.14 bits per heavy atom. The Kier molecular flexibility index (Phi) is 6.23. The fraction of sp³-hybridized carbons (Fsp3) is 0.263. The molecular weight excluding hydrogens is 402 g/mol. The molecule has 0 radical (unpaired) electrons. The number of imidazole rings is 1. The molecule has 154 valence electrons. The van der Waals surface area contributed by atoms with E-state index in [9.17, 15) is 22.0 Å². The maximum absolute atomic E-state index is 13.2. The highest BCUT2D eigenvalue weighted by atomic mass is 32.2. The van der Waals surface area contributed by atoms with Crippen molar-refractivity contribution < 1.29 is 22.0 Å². The third-order valence-electron chi connectivity index (χ3n) is 4.30. The molecule has 0 aliphatic carbocycles. The number of carbonyl (C=O) groups is 1. The van der Waals surface area contributed by atoms with Gasteiger partial charge in [0.1, 0.15) is 23.5 Å². The minimum absolute atomic E-state index is 0.125. The molecule has 0 saturated carbocycles. The summed E-state index contributed by atoms with van der Waals surface area (Å²) in [6.07, 6.45) is 0.597. The quantitative estimate of drug-likeness (QED) is 0.518. The number of fused-ring (bicyclic) bond motifs is 1. The molecule has 0 fully saturated rings. The summed E-state index contributed by atoms with van der Waals surface area (Å²) in [5.41, 5.74) is 1.18. The van der Waals surface area contributed by atoms with Gasteiger partial charge in [0.25, 0.3) is 0 Å². The molecule has 7 nitrogen and oxygen atoms in total. The SMILES string of the molecule is CCC(NS(=O)(=O)c1ccc(F)cc1)C(=O)NCCc1nc2ccc(F)cc2[nH]1. The zero-order valence-electron chi connectivity index (χ0n) is 15.6. The van der Waals surface area contributed by atoms with E-state index >= 15 is 0 Å². The van der Waals surface area contributed by atoms with E-state index in [0.29, 0.717) is 23.3 Å². The van der Waals surface area contributed by atoms with Crippen LogP contribution in [0.2, 0.25) is 0 Å². The summed E-state index contributed by atoms with van der Waals surface area (Å²) in [6.45, 7) is 1.89. The number of nitrogens with zero attached hydrogens (tertiary/aromatic N) is 1. The second-order valence-corrected chi connectivity index (χ2v) is 8.14. The third kappa shape index (κ3) is 5.15. The normalized spacial score (nSPS) is 12.8. The van der Waals surface area contributed by atoms with Crippen LogP contribution < -0.4 is 10.0 Å². The minimum atomic E-state index is -3.96. The van der Waals surface area contributed by atoms with Crippen LogP contribution in [0.5, 0.6) is 0 Å². The smallest absolute Gasteiger partial charge is 0.241 e. The predicted octanol–water partition coefficient (Wildman–Crippen LogP) is 2.26. The highest BCUT2D eigenvalue weighted by molar-refractivity contribution is 7.89. The van der Waals surface area contributed by atoms with Gasteiger partial charge < -0.3 is 10.3 Å². The van der Waals surface area contributed by atoms with Gasteiger partial charge in [0.05, 0.1) is 15.9 Å². The van der Waals surface area contributed by atoms with Crippen molar-refractivity contribution in [2.24, 2.45) is 0 Å². The van der Waals surface area contributed by atoms with Gasteiger partial charge in [-0.3, -0.25) is 4.79 Å². The van der Waals surface area contributed by atoms with Crippen LogP contribution in [0.4, 0.5) is 8.78 Å². The van der Waals surface area contributed by atoms with Gasteiger partial charge in [0.2, 0.25) is 15.9 Å². The van der Waals surface area contributed by atoms with Gasteiger partial charge in [-0.1, -0.05) is 6.92 Å². The molecule has 1 heterocycles. The van der Waals surface area contributed by atoms with E-state index in [0.717, 1.165) is 24.3 Å². The van der Waals surface area contributed by atoms with Crippen LogP contribution in [0, 0.1) is 11.6 Å². The fourth-order valence-electron chi connectivity index (χ4n) is 2.77. The maximum atomic E-state index is 13.2. The number of benzene rings is 2. The first-order chi connectivity index (χ1) is 13.8. The zero-order valence-corrected chi connectivity index (χ0v) is 16.4. The monoisotopic (exact) mass is 422 g/mol. The lowest BCUT2D eigenvalue weighted by molar-refractivity contribution is -0.122. The van der Waals surface area contributed by atoms with Crippen LogP contribution in [0.3, 0.4) is 0 Å². The van der Waals surface area contributed by atoms with Crippen LogP contribution in [-0.4, -0.2) is 36.9 Å². The minimum Gasteiger partial charge on any atom is -0.354 e. The number of sulfonamides is 1. The number of halogens is 2. The maximum Gasteiger partial charge on any atom is 0.241 e. The van der Waals surface area contributed by atoms with Gasteiger partial charge in [0.15, 0.2) is 0 Å². The molecule has 1 amide bonds. The number of amides is 1. The van der Waals surface area contributed by atoms with Gasteiger partial charge in [0, 0.05) is 13.0 Å². The molecule has 0 aliphatic rings. The van der Waals surface area contributed by atoms with Crippen molar-refractivity contribution in [3.63, 3.8) is 0 Å². The number of rotatable bonds is 8. The van der Waals surface area contributed by atoms with Gasteiger partial charge in [-0.05, 0) is 48.9 Å². The molecular formula is C19H20F2N4O3S. The summed E-state index contributed by atoms with van der Waals surface area (Å²) in [5.74, 6) is -0.839. The van der Waals surface area contributed by atoms with Crippen molar-refractivity contribution in [1.82, 2.24) is 20.0 Å². The van der Waals surface area contributed by atoms with E-state index in [1.165, 1.54) is 12.1 Å². The van der Waals surface area contributed by atoms with Crippen LogP contribution >= 0.6 is 0 Å². The number of aromatic nitrogens is 2. The second-order valence-electron chi connectivity index (χ2n) is 6.42. The number of H-pyrrole nitrogens is 1. The lowest BCUT2D eigenvalue weighted by atomic mass is 10.2. The Balaban J connectivity index is 1.58. The van der Waals surface area contributed by atoms with E-state index in [1.54, 1.807) is 13.0 Å². The van der Waals surface area contributed by atoms with Crippen molar-refractivity contribution in [1.29, 1.82) is 0 Å². The first kappa shape index (κ1) is 20.9. The molecule has 2 aromatic carbocycles. The second kappa shape index (κ2) is 8.66. The van der Waals surface area contributed by atoms with E-state index in [1.807, 2.05) is 0 Å². The molecule has 3 rings (SSSR count). The zero-order chi connectivity index (χ0) is 21.0. The average Bonchev–Trinajstić information content (AvgIpc) is 3.08. The molecule has 0 aliphatic heterocycles. The molecule has 0 spiro atoms. The lowest BCUT2D eigenvalue weighted by Crippen LogP contribution is -2.46. The molecule has 1 aromatic heterocycles. The number of nitrogens with one attached hydrogen (secondary N) is 3. The van der Waals surface area contributed by atoms with E-state index in [-0.39, 0.29) is 23.7 Å². The Morgan fingerprint density at radius 3 is 2.52 bits per heavy atom. The highest BCUT2D eigenvalue weighted by Crippen LogP contribution is 2.13. The molecule has 3 N–H and O–H groups in total. The highest BCUT2D eigenvalue weighted by Gasteiger charge is 2.24. The van der Waals surface area contributed by atoms with Gasteiger partial charge in [-0.25, -0.2) is 22.2 Å². The number of hydrogen-bond acceptors (Lipinski definition) is 4. The summed E-state index contributed by atoms with van der Waals surface area (Å²) in [4.78, 5) is 19.5. The number of aromatic amines is 1. The molecule has 3 aromatic rings. The number of hydrogen-bond donors (Lipinski definition) is 3. The number of carbonyl (C=O) groups excluding carboxylic acids is 1. The average molecular weight is 422 g/mol. The van der Waals surface area contributed by atoms with Crippen molar-refractivity contribution >= 4 is 27.0 Å². The predicted molar refractivity (Wildman–Crippen MR) is 104 cm³/mol. The summed E-state index contributed by atoms with van der Waals surface area (Å²) in [6, 6.07) is 7.56. The molecule has 10 heteroatoms. The summed E-state index contributed by atoms with van der Waals surface area (Å²) >= 11 is 0. The van der Waals surface area contributed by atoms with Crippen LogP contribution in [0.1, 0.15) is 19.2 Å². The van der Waals surface area contributed by atoms with E-state index in [2.05, 4.69) is 20.0 Å². The Hall–Kier alpha value is -2.85. The topological polar surface area (TPSA) is 104 Å². The molecule has 0 bridgehead atoms. The van der Waals surface area contributed by atoms with E-state index < -0.39 is 27.8 Å². The first-order valence-electron chi connectivity index (χ1n) is 8.98. The van der Waals surface area contributed by atoms with E-state index in [4.69, 9.17) is 0 Å². The fourth-order valence-corrected chi connectivity index (χ4v) is 4.05. The summed E-state index contributed by atoms with van der Waals surface area (Å²) < 4.78 is 53.3.